The molecule has 0 unspecified atom stereocenters. The van der Waals surface area contributed by atoms with E-state index >= 15 is 0 Å². The van der Waals surface area contributed by atoms with E-state index in [1.807, 2.05) is 12.4 Å². The minimum absolute atomic E-state index is 1.05. The Morgan fingerprint density at radius 2 is 2.31 bits per heavy atom. The van der Waals surface area contributed by atoms with Crippen LogP contribution < -0.4 is 0 Å². The molecule has 0 saturated carbocycles. The van der Waals surface area contributed by atoms with Crippen molar-refractivity contribution in [3.8, 4) is 0 Å². The van der Waals surface area contributed by atoms with Crippen LogP contribution in [0.3, 0.4) is 0 Å². The normalized spacial score (nSPS) is 16.8. The van der Waals surface area contributed by atoms with E-state index in [9.17, 15) is 0 Å². The number of hydrogen-bond donors (Lipinski definition) is 0. The van der Waals surface area contributed by atoms with Crippen LogP contribution in [0.1, 0.15) is 18.4 Å². The van der Waals surface area contributed by atoms with Gasteiger partial charge in [-0.05, 0) is 22.0 Å². The fourth-order valence-corrected chi connectivity index (χ4v) is 2.11. The van der Waals surface area contributed by atoms with E-state index in [0.717, 1.165) is 4.47 Å². The molecular weight excluding hydrogens is 228 g/mol. The highest BCUT2D eigenvalue weighted by atomic mass is 79.9. The van der Waals surface area contributed by atoms with Gasteiger partial charge >= 0.3 is 0 Å². The van der Waals surface area contributed by atoms with Crippen molar-refractivity contribution in [3.05, 3.63) is 28.5 Å². The topological polar surface area (TPSA) is 15.9 Å². The molecule has 68 valence electrons. The molecule has 1 aliphatic rings. The highest BCUT2D eigenvalue weighted by Crippen LogP contribution is 2.15. The van der Waals surface area contributed by atoms with Crippen LogP contribution in [0, 0.1) is 0 Å². The second-order valence-corrected chi connectivity index (χ2v) is 4.28. The summed E-state index contributed by atoms with van der Waals surface area (Å²) in [6.07, 6.45) is 6.19. The van der Waals surface area contributed by atoms with E-state index in [1.165, 1.54) is 30.7 Å². The van der Waals surface area contributed by atoms with Crippen LogP contribution in [0.15, 0.2) is 22.9 Å². The third-order valence-corrected chi connectivity index (χ3v) is 2.84. The van der Waals surface area contributed by atoms with Crippen LogP contribution in [-0.2, 0) is 0 Å². The van der Waals surface area contributed by atoms with Crippen molar-refractivity contribution < 1.29 is 4.58 Å². The van der Waals surface area contributed by atoms with Crippen LogP contribution in [0.5, 0.6) is 0 Å². The third kappa shape index (κ3) is 1.80. The van der Waals surface area contributed by atoms with Gasteiger partial charge in [0.15, 0.2) is 5.71 Å². The minimum Gasteiger partial charge on any atom is -0.263 e. The molecule has 0 N–H and O–H groups in total. The summed E-state index contributed by atoms with van der Waals surface area (Å²) in [6.45, 7) is 1.17. The maximum absolute atomic E-state index is 4.17. The lowest BCUT2D eigenvalue weighted by Gasteiger charge is -1.97. The lowest BCUT2D eigenvalue weighted by molar-refractivity contribution is -0.488. The van der Waals surface area contributed by atoms with Gasteiger partial charge in [0, 0.05) is 29.7 Å². The lowest BCUT2D eigenvalue weighted by atomic mass is 10.1. The molecule has 0 aliphatic carbocycles. The highest BCUT2D eigenvalue weighted by molar-refractivity contribution is 9.10. The molecule has 1 aliphatic heterocycles. The molecule has 0 fully saturated rings. The molecule has 0 aromatic carbocycles. The van der Waals surface area contributed by atoms with Gasteiger partial charge in [-0.15, -0.1) is 0 Å². The molecular formula is C10H12BrN2+. The first-order chi connectivity index (χ1) is 6.27. The first kappa shape index (κ1) is 8.88. The van der Waals surface area contributed by atoms with Crippen LogP contribution in [0.4, 0.5) is 0 Å². The first-order valence-corrected chi connectivity index (χ1v) is 5.24. The van der Waals surface area contributed by atoms with Crippen LogP contribution in [-0.4, -0.2) is 28.9 Å². The highest BCUT2D eigenvalue weighted by Gasteiger charge is 2.20. The predicted octanol–water partition coefficient (Wildman–Crippen LogP) is 2.07. The van der Waals surface area contributed by atoms with Crippen molar-refractivity contribution in [3.63, 3.8) is 0 Å². The summed E-state index contributed by atoms with van der Waals surface area (Å²) >= 11 is 3.43. The summed E-state index contributed by atoms with van der Waals surface area (Å²) < 4.78 is 3.36. The summed E-state index contributed by atoms with van der Waals surface area (Å²) in [5, 5.41) is 0. The largest absolute Gasteiger partial charge is 0.263 e. The molecule has 2 heterocycles. The van der Waals surface area contributed by atoms with Crippen molar-refractivity contribution in [2.45, 2.75) is 12.8 Å². The van der Waals surface area contributed by atoms with Crippen molar-refractivity contribution in [1.82, 2.24) is 4.98 Å². The molecule has 0 saturated heterocycles. The SMILES string of the molecule is C[N+]1=C(c2cncc(Br)c2)CCC1. The number of rotatable bonds is 1. The Morgan fingerprint density at radius 3 is 2.92 bits per heavy atom. The molecule has 0 spiro atoms. The average molecular weight is 240 g/mol. The van der Waals surface area contributed by atoms with Gasteiger partial charge in [-0.3, -0.25) is 4.98 Å². The summed E-state index contributed by atoms with van der Waals surface area (Å²) in [7, 11) is 2.14. The third-order valence-electron chi connectivity index (χ3n) is 2.41. The van der Waals surface area contributed by atoms with E-state index in [0.29, 0.717) is 0 Å². The van der Waals surface area contributed by atoms with Gasteiger partial charge < -0.3 is 0 Å². The summed E-state index contributed by atoms with van der Waals surface area (Å²) in [6, 6.07) is 2.13. The first-order valence-electron chi connectivity index (χ1n) is 4.45. The monoisotopic (exact) mass is 239 g/mol. The zero-order valence-electron chi connectivity index (χ0n) is 7.63. The zero-order valence-corrected chi connectivity index (χ0v) is 9.21. The smallest absolute Gasteiger partial charge is 0.184 e. The maximum atomic E-state index is 4.17. The zero-order chi connectivity index (χ0) is 9.26. The number of nitrogens with zero attached hydrogens (tertiary/aromatic N) is 2. The van der Waals surface area contributed by atoms with E-state index in [2.05, 4.69) is 38.6 Å². The maximum Gasteiger partial charge on any atom is 0.184 e. The average Bonchev–Trinajstić information content (AvgIpc) is 2.51. The van der Waals surface area contributed by atoms with E-state index in [4.69, 9.17) is 0 Å². The van der Waals surface area contributed by atoms with Crippen molar-refractivity contribution in [2.24, 2.45) is 0 Å². The number of pyridine rings is 1. The Morgan fingerprint density at radius 1 is 1.46 bits per heavy atom. The van der Waals surface area contributed by atoms with E-state index in [-0.39, 0.29) is 0 Å². The van der Waals surface area contributed by atoms with E-state index < -0.39 is 0 Å². The van der Waals surface area contributed by atoms with Gasteiger partial charge in [0.1, 0.15) is 13.6 Å². The van der Waals surface area contributed by atoms with Gasteiger partial charge in [-0.1, -0.05) is 0 Å². The Bertz CT molecular complexity index is 358. The molecule has 3 heteroatoms. The Balaban J connectivity index is 2.40. The quantitative estimate of drug-likeness (QED) is 0.686. The van der Waals surface area contributed by atoms with Gasteiger partial charge in [-0.2, -0.15) is 0 Å². The molecule has 13 heavy (non-hydrogen) atoms. The molecule has 0 radical (unpaired) electrons. The van der Waals surface area contributed by atoms with E-state index in [1.54, 1.807) is 0 Å². The Labute approximate surface area is 86.4 Å². The molecule has 1 aromatic rings. The van der Waals surface area contributed by atoms with Crippen molar-refractivity contribution in [2.75, 3.05) is 13.6 Å². The fourth-order valence-electron chi connectivity index (χ4n) is 1.74. The molecule has 0 amide bonds. The Hall–Kier alpha value is -0.700. The number of hydrogen-bond acceptors (Lipinski definition) is 1. The van der Waals surface area contributed by atoms with Gasteiger partial charge in [0.25, 0.3) is 0 Å². The van der Waals surface area contributed by atoms with Crippen LogP contribution in [0.25, 0.3) is 0 Å². The molecule has 0 bridgehead atoms. The fraction of sp³-hybridized carbons (Fsp3) is 0.400. The molecule has 0 atom stereocenters. The molecule has 1 aromatic heterocycles. The molecule has 2 rings (SSSR count). The van der Waals surface area contributed by atoms with Gasteiger partial charge in [0.05, 0.1) is 5.56 Å². The van der Waals surface area contributed by atoms with Gasteiger partial charge in [0.2, 0.25) is 0 Å². The second-order valence-electron chi connectivity index (χ2n) is 3.36. The lowest BCUT2D eigenvalue weighted by Crippen LogP contribution is -2.10. The second kappa shape index (κ2) is 3.58. The van der Waals surface area contributed by atoms with Crippen LogP contribution in [0.2, 0.25) is 0 Å². The van der Waals surface area contributed by atoms with Crippen LogP contribution >= 0.6 is 15.9 Å². The predicted molar refractivity (Wildman–Crippen MR) is 56.3 cm³/mol. The Kier molecular flexibility index (Phi) is 2.44. The summed E-state index contributed by atoms with van der Waals surface area (Å²) in [4.78, 5) is 4.17. The summed E-state index contributed by atoms with van der Waals surface area (Å²) in [5.74, 6) is 0. The standard InChI is InChI=1S/C10H12BrN2/c1-13-4-2-3-10(13)8-5-9(11)7-12-6-8/h5-7H,2-4H2,1H3/q+1. The summed E-state index contributed by atoms with van der Waals surface area (Å²) in [5.41, 5.74) is 2.66. The van der Waals surface area contributed by atoms with Crippen molar-refractivity contribution >= 4 is 21.6 Å². The molecule has 2 nitrogen and oxygen atoms in total. The van der Waals surface area contributed by atoms with Gasteiger partial charge in [-0.25, -0.2) is 4.58 Å². The minimum atomic E-state index is 1.05. The van der Waals surface area contributed by atoms with Crippen molar-refractivity contribution in [1.29, 1.82) is 0 Å². The number of halogens is 1. The number of aromatic nitrogens is 1.